The Hall–Kier alpha value is -0.300. The lowest BCUT2D eigenvalue weighted by Crippen LogP contribution is -2.14. The van der Waals surface area contributed by atoms with Crippen LogP contribution in [0.4, 0.5) is 0 Å². The highest BCUT2D eigenvalue weighted by molar-refractivity contribution is 5.14. The molecule has 0 saturated heterocycles. The minimum absolute atomic E-state index is 0.0417. The van der Waals surface area contributed by atoms with Crippen LogP contribution in [0.3, 0.4) is 0 Å². The van der Waals surface area contributed by atoms with Crippen LogP contribution in [-0.4, -0.2) is 11.2 Å². The number of fused-ring (bicyclic) bond motifs is 2. The van der Waals surface area contributed by atoms with Gasteiger partial charge in [0.05, 0.1) is 6.10 Å². The highest BCUT2D eigenvalue weighted by Gasteiger charge is 2.40. The number of aliphatic hydroxyl groups is 1. The lowest BCUT2D eigenvalue weighted by molar-refractivity contribution is 0.131. The molecular formula is C8H12O. The third kappa shape index (κ3) is 0.584. The van der Waals surface area contributed by atoms with E-state index >= 15 is 0 Å². The first-order valence-electron chi connectivity index (χ1n) is 3.65. The summed E-state index contributed by atoms with van der Waals surface area (Å²) in [5.41, 5.74) is 0. The summed E-state index contributed by atoms with van der Waals surface area (Å²) in [4.78, 5) is 0. The molecule has 0 amide bonds. The van der Waals surface area contributed by atoms with Gasteiger partial charge in [-0.2, -0.15) is 0 Å². The third-order valence-corrected chi connectivity index (χ3v) is 2.71. The van der Waals surface area contributed by atoms with Gasteiger partial charge in [-0.3, -0.25) is 0 Å². The number of rotatable bonds is 0. The molecule has 4 unspecified atom stereocenters. The van der Waals surface area contributed by atoms with Crippen LogP contribution in [0, 0.1) is 17.8 Å². The second-order valence-electron chi connectivity index (χ2n) is 3.33. The van der Waals surface area contributed by atoms with E-state index in [1.807, 2.05) is 0 Å². The molecule has 0 aromatic heterocycles. The van der Waals surface area contributed by atoms with Crippen molar-refractivity contribution in [2.24, 2.45) is 17.8 Å². The van der Waals surface area contributed by atoms with Gasteiger partial charge in [0, 0.05) is 11.8 Å². The summed E-state index contributed by atoms with van der Waals surface area (Å²) in [6.45, 7) is 2.22. The summed E-state index contributed by atoms with van der Waals surface area (Å²) in [6, 6.07) is 0. The Morgan fingerprint density at radius 1 is 1.44 bits per heavy atom. The lowest BCUT2D eigenvalue weighted by Gasteiger charge is -2.10. The van der Waals surface area contributed by atoms with Crippen molar-refractivity contribution >= 4 is 0 Å². The van der Waals surface area contributed by atoms with Crippen LogP contribution in [0.2, 0.25) is 0 Å². The molecule has 1 fully saturated rings. The maximum absolute atomic E-state index is 9.44. The van der Waals surface area contributed by atoms with Gasteiger partial charge in [-0.05, 0) is 12.3 Å². The zero-order valence-electron chi connectivity index (χ0n) is 5.62. The summed E-state index contributed by atoms with van der Waals surface area (Å²) in [7, 11) is 0. The van der Waals surface area contributed by atoms with Crippen LogP contribution in [0.1, 0.15) is 13.3 Å². The van der Waals surface area contributed by atoms with E-state index in [-0.39, 0.29) is 6.10 Å². The van der Waals surface area contributed by atoms with Crippen LogP contribution in [0.5, 0.6) is 0 Å². The van der Waals surface area contributed by atoms with Gasteiger partial charge in [-0.15, -0.1) is 0 Å². The van der Waals surface area contributed by atoms with Gasteiger partial charge in [0.2, 0.25) is 0 Å². The van der Waals surface area contributed by atoms with Gasteiger partial charge in [0.25, 0.3) is 0 Å². The fraction of sp³-hybridized carbons (Fsp3) is 0.750. The minimum Gasteiger partial charge on any atom is -0.392 e. The molecular weight excluding hydrogens is 112 g/mol. The van der Waals surface area contributed by atoms with Crippen LogP contribution >= 0.6 is 0 Å². The standard InChI is InChI=1S/C8H12O/c1-5-4-6-2-3-7(5)8(6)9/h2-3,5-9H,4H2,1H3. The van der Waals surface area contributed by atoms with Crippen molar-refractivity contribution in [2.75, 3.05) is 0 Å². The Kier molecular flexibility index (Phi) is 0.974. The van der Waals surface area contributed by atoms with Gasteiger partial charge in [-0.25, -0.2) is 0 Å². The maximum atomic E-state index is 9.44. The third-order valence-electron chi connectivity index (χ3n) is 2.71. The highest BCUT2D eigenvalue weighted by atomic mass is 16.3. The van der Waals surface area contributed by atoms with Gasteiger partial charge in [0.1, 0.15) is 0 Å². The van der Waals surface area contributed by atoms with E-state index in [0.29, 0.717) is 11.8 Å². The molecule has 1 heteroatoms. The molecule has 9 heavy (non-hydrogen) atoms. The van der Waals surface area contributed by atoms with E-state index in [4.69, 9.17) is 0 Å². The van der Waals surface area contributed by atoms with E-state index in [1.165, 1.54) is 6.42 Å². The van der Waals surface area contributed by atoms with Crippen molar-refractivity contribution in [3.63, 3.8) is 0 Å². The van der Waals surface area contributed by atoms with E-state index in [1.54, 1.807) is 0 Å². The van der Waals surface area contributed by atoms with Crippen molar-refractivity contribution < 1.29 is 5.11 Å². The molecule has 2 aliphatic rings. The van der Waals surface area contributed by atoms with Crippen LogP contribution < -0.4 is 0 Å². The van der Waals surface area contributed by atoms with Crippen LogP contribution in [-0.2, 0) is 0 Å². The molecule has 1 saturated carbocycles. The van der Waals surface area contributed by atoms with Crippen molar-refractivity contribution in [2.45, 2.75) is 19.4 Å². The molecule has 2 bridgehead atoms. The molecule has 0 aromatic carbocycles. The van der Waals surface area contributed by atoms with Gasteiger partial charge in [0.15, 0.2) is 0 Å². The first kappa shape index (κ1) is 5.48. The van der Waals surface area contributed by atoms with Crippen molar-refractivity contribution in [3.05, 3.63) is 12.2 Å². The van der Waals surface area contributed by atoms with Crippen LogP contribution in [0.15, 0.2) is 12.2 Å². The first-order valence-corrected chi connectivity index (χ1v) is 3.65. The summed E-state index contributed by atoms with van der Waals surface area (Å²) in [6.07, 6.45) is 5.49. The number of hydrogen-bond acceptors (Lipinski definition) is 1. The Bertz CT molecular complexity index is 151. The molecule has 0 aliphatic heterocycles. The Morgan fingerprint density at radius 3 is 2.44 bits per heavy atom. The normalized spacial score (nSPS) is 54.9. The lowest BCUT2D eigenvalue weighted by atomic mass is 9.96. The first-order chi connectivity index (χ1) is 4.29. The zero-order chi connectivity index (χ0) is 6.43. The molecule has 2 rings (SSSR count). The van der Waals surface area contributed by atoms with Gasteiger partial charge in [-0.1, -0.05) is 19.1 Å². The summed E-state index contributed by atoms with van der Waals surface area (Å²) < 4.78 is 0. The largest absolute Gasteiger partial charge is 0.392 e. The Morgan fingerprint density at radius 2 is 2.22 bits per heavy atom. The van der Waals surface area contributed by atoms with Crippen LogP contribution in [0.25, 0.3) is 0 Å². The maximum Gasteiger partial charge on any atom is 0.0667 e. The highest BCUT2D eigenvalue weighted by Crippen LogP contribution is 2.43. The molecule has 4 atom stereocenters. The zero-order valence-corrected chi connectivity index (χ0v) is 5.62. The topological polar surface area (TPSA) is 20.2 Å². The smallest absolute Gasteiger partial charge is 0.0667 e. The second-order valence-corrected chi connectivity index (χ2v) is 3.33. The summed E-state index contributed by atoms with van der Waals surface area (Å²) in [5.74, 6) is 1.69. The molecule has 2 aliphatic carbocycles. The number of hydrogen-bond donors (Lipinski definition) is 1. The van der Waals surface area contributed by atoms with E-state index in [0.717, 1.165) is 5.92 Å². The Labute approximate surface area is 55.4 Å². The Balaban J connectivity index is 2.26. The monoisotopic (exact) mass is 124 g/mol. The average Bonchev–Trinajstić information content (AvgIpc) is 2.25. The van der Waals surface area contributed by atoms with E-state index in [2.05, 4.69) is 19.1 Å². The fourth-order valence-electron chi connectivity index (χ4n) is 2.11. The summed E-state index contributed by atoms with van der Waals surface area (Å²) >= 11 is 0. The second kappa shape index (κ2) is 1.60. The predicted octanol–water partition coefficient (Wildman–Crippen LogP) is 1.19. The molecule has 0 aromatic rings. The molecule has 50 valence electrons. The van der Waals surface area contributed by atoms with Crippen molar-refractivity contribution in [1.29, 1.82) is 0 Å². The van der Waals surface area contributed by atoms with Crippen molar-refractivity contribution in [3.8, 4) is 0 Å². The van der Waals surface area contributed by atoms with Gasteiger partial charge >= 0.3 is 0 Å². The van der Waals surface area contributed by atoms with E-state index < -0.39 is 0 Å². The van der Waals surface area contributed by atoms with E-state index in [9.17, 15) is 5.11 Å². The number of aliphatic hydroxyl groups excluding tert-OH is 1. The van der Waals surface area contributed by atoms with Gasteiger partial charge < -0.3 is 5.11 Å². The molecule has 0 spiro atoms. The quantitative estimate of drug-likeness (QED) is 0.481. The fourth-order valence-corrected chi connectivity index (χ4v) is 2.11. The predicted molar refractivity (Wildman–Crippen MR) is 35.9 cm³/mol. The molecule has 1 N–H and O–H groups in total. The SMILES string of the molecule is CC1CC2C=CC1C2O. The molecule has 0 radical (unpaired) electrons. The molecule has 0 heterocycles. The van der Waals surface area contributed by atoms with Crippen molar-refractivity contribution in [1.82, 2.24) is 0 Å². The molecule has 1 nitrogen and oxygen atoms in total. The summed E-state index contributed by atoms with van der Waals surface area (Å²) in [5, 5.41) is 9.44. The minimum atomic E-state index is -0.0417. The average molecular weight is 124 g/mol.